The largest absolute Gasteiger partial charge is 0.478 e. The summed E-state index contributed by atoms with van der Waals surface area (Å²) in [5.41, 5.74) is 3.29. The number of aromatic carboxylic acids is 1. The number of nitrogens with one attached hydrogen (secondary N) is 1. The number of H-pyrrole nitrogens is 1. The van der Waals surface area contributed by atoms with Gasteiger partial charge in [0.2, 0.25) is 0 Å². The summed E-state index contributed by atoms with van der Waals surface area (Å²) in [6, 6.07) is 13.5. The summed E-state index contributed by atoms with van der Waals surface area (Å²) < 4.78 is 27.4. The van der Waals surface area contributed by atoms with Crippen LogP contribution < -0.4 is 0 Å². The summed E-state index contributed by atoms with van der Waals surface area (Å²) in [7, 11) is 0. The smallest absolute Gasteiger partial charge is 0.337 e. The molecular formula is C21H14F2N2O2. The van der Waals surface area contributed by atoms with Crippen LogP contribution in [0, 0.1) is 18.6 Å². The molecule has 6 heteroatoms. The second-order valence-electron chi connectivity index (χ2n) is 6.25. The minimum atomic E-state index is -1.06. The Balaban J connectivity index is 1.80. The Hall–Kier alpha value is -3.54. The molecule has 134 valence electrons. The zero-order valence-corrected chi connectivity index (χ0v) is 14.3. The van der Waals surface area contributed by atoms with Crippen molar-refractivity contribution in [2.75, 3.05) is 0 Å². The standard InChI is InChI=1S/C21H14F2N2O2/c1-11-24-19-9-14(8-17(21(26)27)20(19)25-11)12-2-4-13(5-3-12)16-10-15(22)6-7-18(16)23/h2-10H,1H3,(H,24,25)(H,26,27). The van der Waals surface area contributed by atoms with E-state index in [1.54, 1.807) is 37.3 Å². The molecule has 0 aliphatic carbocycles. The Morgan fingerprint density at radius 3 is 2.37 bits per heavy atom. The highest BCUT2D eigenvalue weighted by Crippen LogP contribution is 2.30. The number of carboxylic acids is 1. The molecule has 27 heavy (non-hydrogen) atoms. The lowest BCUT2D eigenvalue weighted by atomic mass is 9.98. The molecule has 3 aromatic carbocycles. The van der Waals surface area contributed by atoms with Gasteiger partial charge in [-0.2, -0.15) is 0 Å². The predicted octanol–water partition coefficient (Wildman–Crippen LogP) is 5.18. The van der Waals surface area contributed by atoms with Crippen molar-refractivity contribution in [2.45, 2.75) is 6.92 Å². The maximum atomic E-state index is 14.0. The molecule has 0 atom stereocenters. The number of hydrogen-bond donors (Lipinski definition) is 2. The Morgan fingerprint density at radius 2 is 1.67 bits per heavy atom. The summed E-state index contributed by atoms with van der Waals surface area (Å²) in [6.07, 6.45) is 0. The molecule has 0 fully saturated rings. The number of aromatic nitrogens is 2. The maximum absolute atomic E-state index is 14.0. The topological polar surface area (TPSA) is 66.0 Å². The molecule has 0 saturated carbocycles. The van der Waals surface area contributed by atoms with Crippen LogP contribution in [0.1, 0.15) is 16.2 Å². The van der Waals surface area contributed by atoms with Crippen molar-refractivity contribution < 1.29 is 18.7 Å². The van der Waals surface area contributed by atoms with Gasteiger partial charge in [-0.15, -0.1) is 0 Å². The van der Waals surface area contributed by atoms with Crippen LogP contribution in [-0.4, -0.2) is 21.0 Å². The number of carbonyl (C=O) groups is 1. The van der Waals surface area contributed by atoms with Crippen LogP contribution in [0.5, 0.6) is 0 Å². The highest BCUT2D eigenvalue weighted by atomic mass is 19.1. The van der Waals surface area contributed by atoms with Gasteiger partial charge in [0.25, 0.3) is 0 Å². The number of carboxylic acid groups (broad SMARTS) is 1. The normalized spacial score (nSPS) is 11.1. The molecule has 2 N–H and O–H groups in total. The molecule has 0 aliphatic rings. The van der Waals surface area contributed by atoms with Gasteiger partial charge in [-0.3, -0.25) is 0 Å². The molecule has 4 nitrogen and oxygen atoms in total. The van der Waals surface area contributed by atoms with Crippen LogP contribution in [0.4, 0.5) is 8.78 Å². The van der Waals surface area contributed by atoms with Gasteiger partial charge in [-0.1, -0.05) is 24.3 Å². The molecular weight excluding hydrogens is 350 g/mol. The first-order valence-corrected chi connectivity index (χ1v) is 8.22. The molecule has 0 radical (unpaired) electrons. The van der Waals surface area contributed by atoms with Crippen molar-refractivity contribution in [2.24, 2.45) is 0 Å². The van der Waals surface area contributed by atoms with E-state index in [9.17, 15) is 18.7 Å². The minimum absolute atomic E-state index is 0.104. The number of nitrogens with zero attached hydrogens (tertiary/aromatic N) is 1. The van der Waals surface area contributed by atoms with Crippen LogP contribution in [-0.2, 0) is 0 Å². The molecule has 0 saturated heterocycles. The summed E-state index contributed by atoms with van der Waals surface area (Å²) in [5.74, 6) is -1.46. The average Bonchev–Trinajstić information content (AvgIpc) is 3.03. The van der Waals surface area contributed by atoms with E-state index >= 15 is 0 Å². The maximum Gasteiger partial charge on any atom is 0.337 e. The number of fused-ring (bicyclic) bond motifs is 1. The van der Waals surface area contributed by atoms with Crippen molar-refractivity contribution >= 4 is 17.0 Å². The first kappa shape index (κ1) is 16.9. The number of aryl methyl sites for hydroxylation is 1. The fraction of sp³-hybridized carbons (Fsp3) is 0.0476. The summed E-state index contributed by atoms with van der Waals surface area (Å²) >= 11 is 0. The quantitative estimate of drug-likeness (QED) is 0.526. The van der Waals surface area contributed by atoms with Crippen LogP contribution >= 0.6 is 0 Å². The SMILES string of the molecule is Cc1nc2c(C(=O)O)cc(-c3ccc(-c4cc(F)ccc4F)cc3)cc2[nH]1. The summed E-state index contributed by atoms with van der Waals surface area (Å²) in [5, 5.41) is 9.48. The first-order valence-electron chi connectivity index (χ1n) is 8.22. The van der Waals surface area contributed by atoms with E-state index in [-0.39, 0.29) is 11.1 Å². The van der Waals surface area contributed by atoms with Crippen molar-refractivity contribution in [3.05, 3.63) is 77.6 Å². The lowest BCUT2D eigenvalue weighted by Crippen LogP contribution is -1.98. The van der Waals surface area contributed by atoms with Crippen molar-refractivity contribution in [3.8, 4) is 22.3 Å². The third kappa shape index (κ3) is 3.06. The summed E-state index contributed by atoms with van der Waals surface area (Å²) in [6.45, 7) is 1.76. The Morgan fingerprint density at radius 1 is 0.963 bits per heavy atom. The summed E-state index contributed by atoms with van der Waals surface area (Å²) in [4.78, 5) is 18.9. The van der Waals surface area contributed by atoms with Crippen LogP contribution in [0.15, 0.2) is 54.6 Å². The van der Waals surface area contributed by atoms with Gasteiger partial charge in [-0.05, 0) is 53.9 Å². The average molecular weight is 364 g/mol. The Labute approximate surface area is 153 Å². The molecule has 1 heterocycles. The Kier molecular flexibility index (Phi) is 3.96. The molecule has 0 aliphatic heterocycles. The van der Waals surface area contributed by atoms with Gasteiger partial charge in [0.15, 0.2) is 0 Å². The Bertz CT molecular complexity index is 1180. The number of imidazole rings is 1. The third-order valence-corrected chi connectivity index (χ3v) is 4.39. The number of halogens is 2. The fourth-order valence-electron chi connectivity index (χ4n) is 3.13. The van der Waals surface area contributed by atoms with E-state index in [0.717, 1.165) is 23.8 Å². The van der Waals surface area contributed by atoms with E-state index in [1.165, 1.54) is 0 Å². The van der Waals surface area contributed by atoms with E-state index in [0.29, 0.717) is 28.0 Å². The van der Waals surface area contributed by atoms with Crippen LogP contribution in [0.3, 0.4) is 0 Å². The van der Waals surface area contributed by atoms with Crippen LogP contribution in [0.2, 0.25) is 0 Å². The minimum Gasteiger partial charge on any atom is -0.478 e. The second kappa shape index (κ2) is 6.32. The highest BCUT2D eigenvalue weighted by Gasteiger charge is 2.15. The van der Waals surface area contributed by atoms with Gasteiger partial charge in [-0.25, -0.2) is 18.6 Å². The predicted molar refractivity (Wildman–Crippen MR) is 98.6 cm³/mol. The van der Waals surface area contributed by atoms with E-state index in [1.807, 2.05) is 6.07 Å². The van der Waals surface area contributed by atoms with Gasteiger partial charge in [0, 0.05) is 5.56 Å². The highest BCUT2D eigenvalue weighted by molar-refractivity contribution is 6.03. The van der Waals surface area contributed by atoms with E-state index in [4.69, 9.17) is 0 Å². The number of hydrogen-bond acceptors (Lipinski definition) is 2. The van der Waals surface area contributed by atoms with Crippen LogP contribution in [0.25, 0.3) is 33.3 Å². The monoisotopic (exact) mass is 364 g/mol. The van der Waals surface area contributed by atoms with Crippen molar-refractivity contribution in [1.29, 1.82) is 0 Å². The number of aromatic amines is 1. The van der Waals surface area contributed by atoms with E-state index in [2.05, 4.69) is 9.97 Å². The molecule has 4 rings (SSSR count). The second-order valence-corrected chi connectivity index (χ2v) is 6.25. The lowest BCUT2D eigenvalue weighted by Gasteiger charge is -2.08. The first-order chi connectivity index (χ1) is 12.9. The van der Waals surface area contributed by atoms with Crippen molar-refractivity contribution in [3.63, 3.8) is 0 Å². The van der Waals surface area contributed by atoms with Gasteiger partial charge in [0.1, 0.15) is 23.0 Å². The third-order valence-electron chi connectivity index (χ3n) is 4.39. The molecule has 0 spiro atoms. The van der Waals surface area contributed by atoms with Gasteiger partial charge < -0.3 is 10.1 Å². The fourth-order valence-corrected chi connectivity index (χ4v) is 3.13. The molecule has 0 bridgehead atoms. The molecule has 0 unspecified atom stereocenters. The number of benzene rings is 3. The molecule has 4 aromatic rings. The zero-order valence-electron chi connectivity index (χ0n) is 14.3. The van der Waals surface area contributed by atoms with E-state index < -0.39 is 17.6 Å². The molecule has 1 aromatic heterocycles. The lowest BCUT2D eigenvalue weighted by molar-refractivity contribution is 0.0699. The zero-order chi connectivity index (χ0) is 19.1. The molecule has 0 amide bonds. The number of rotatable bonds is 3. The van der Waals surface area contributed by atoms with Gasteiger partial charge in [0.05, 0.1) is 11.1 Å². The van der Waals surface area contributed by atoms with Crippen molar-refractivity contribution in [1.82, 2.24) is 9.97 Å². The van der Waals surface area contributed by atoms with Gasteiger partial charge >= 0.3 is 5.97 Å².